The molecule has 0 aromatic carbocycles. The van der Waals surface area contributed by atoms with Gasteiger partial charge in [0.05, 0.1) is 0 Å². The molecule has 0 aliphatic carbocycles. The maximum Gasteiger partial charge on any atom is 0.236 e. The summed E-state index contributed by atoms with van der Waals surface area (Å²) < 4.78 is 11.4. The predicted octanol–water partition coefficient (Wildman–Crippen LogP) is 3.30. The van der Waals surface area contributed by atoms with Crippen molar-refractivity contribution in [2.24, 2.45) is 9.98 Å². The lowest BCUT2D eigenvalue weighted by molar-refractivity contribution is 0.325. The number of pyridine rings is 1. The summed E-state index contributed by atoms with van der Waals surface area (Å²) in [6.45, 7) is 13.3. The second-order valence-electron chi connectivity index (χ2n) is 5.95. The molecule has 3 heterocycles. The molecule has 0 radical (unpaired) electrons. The van der Waals surface area contributed by atoms with Crippen LogP contribution in [0.25, 0.3) is 0 Å². The zero-order valence-electron chi connectivity index (χ0n) is 14.3. The van der Waals surface area contributed by atoms with Gasteiger partial charge in [-0.25, -0.2) is 15.0 Å². The zero-order chi connectivity index (χ0) is 17.1. The van der Waals surface area contributed by atoms with Crippen molar-refractivity contribution in [1.29, 1.82) is 0 Å². The first-order chi connectivity index (χ1) is 11.6. The third-order valence-corrected chi connectivity index (χ3v) is 4.34. The van der Waals surface area contributed by atoms with Gasteiger partial charge in [-0.15, -0.1) is 0 Å². The van der Waals surface area contributed by atoms with Crippen LogP contribution >= 0.6 is 0 Å². The first-order valence-electron chi connectivity index (χ1n) is 8.36. The highest BCUT2D eigenvalue weighted by Crippen LogP contribution is 2.20. The van der Waals surface area contributed by atoms with Gasteiger partial charge in [-0.1, -0.05) is 33.1 Å². The van der Waals surface area contributed by atoms with E-state index >= 15 is 0 Å². The number of rotatable bonds is 6. The number of hydrogen-bond donors (Lipinski definition) is 0. The summed E-state index contributed by atoms with van der Waals surface area (Å²) in [5.41, 5.74) is 3.54. The molecule has 1 aromatic rings. The molecule has 126 valence electrons. The minimum atomic E-state index is 0.0211. The van der Waals surface area contributed by atoms with Crippen molar-refractivity contribution in [2.45, 2.75) is 38.8 Å². The molecule has 2 atom stereocenters. The van der Waals surface area contributed by atoms with Gasteiger partial charge in [0.15, 0.2) is 0 Å². The van der Waals surface area contributed by atoms with Gasteiger partial charge < -0.3 is 9.47 Å². The Morgan fingerprint density at radius 1 is 0.958 bits per heavy atom. The van der Waals surface area contributed by atoms with Gasteiger partial charge in [0.2, 0.25) is 11.8 Å². The van der Waals surface area contributed by atoms with Gasteiger partial charge in [-0.3, -0.25) is 0 Å². The van der Waals surface area contributed by atoms with Crippen molar-refractivity contribution in [3.8, 4) is 0 Å². The summed E-state index contributed by atoms with van der Waals surface area (Å²) >= 11 is 0. The highest BCUT2D eigenvalue weighted by Gasteiger charge is 2.25. The van der Waals surface area contributed by atoms with E-state index in [1.165, 1.54) is 0 Å². The van der Waals surface area contributed by atoms with Crippen LogP contribution in [-0.4, -0.2) is 42.1 Å². The van der Waals surface area contributed by atoms with Crippen LogP contribution in [-0.2, 0) is 9.47 Å². The van der Waals surface area contributed by atoms with Crippen LogP contribution in [0.5, 0.6) is 0 Å². The standard InChI is InChI=1S/C19H23N3O2/c1-5-12(3)16-10-23-18(21-16)14-8-7-9-15(20-14)19-22-17(11-24-19)13(4)6-2/h7-9,16-17H,3-6,10-11H2,1-2H3. The van der Waals surface area contributed by atoms with E-state index in [2.05, 4.69) is 42.0 Å². The Bertz CT molecular complexity index is 664. The van der Waals surface area contributed by atoms with E-state index in [9.17, 15) is 0 Å². The molecule has 2 aliphatic heterocycles. The number of aromatic nitrogens is 1. The Morgan fingerprint density at radius 2 is 1.42 bits per heavy atom. The van der Waals surface area contributed by atoms with Crippen LogP contribution in [0.2, 0.25) is 0 Å². The van der Waals surface area contributed by atoms with Gasteiger partial charge in [-0.05, 0) is 36.1 Å². The number of hydrogen-bond acceptors (Lipinski definition) is 5. The lowest BCUT2D eigenvalue weighted by atomic mass is 10.1. The maximum absolute atomic E-state index is 5.70. The summed E-state index contributed by atoms with van der Waals surface area (Å²) in [6, 6.07) is 5.73. The molecule has 24 heavy (non-hydrogen) atoms. The summed E-state index contributed by atoms with van der Waals surface area (Å²) in [5.74, 6) is 1.12. The van der Waals surface area contributed by atoms with Gasteiger partial charge in [-0.2, -0.15) is 0 Å². The van der Waals surface area contributed by atoms with Crippen LogP contribution in [0.1, 0.15) is 38.1 Å². The van der Waals surface area contributed by atoms with Crippen LogP contribution in [0.3, 0.4) is 0 Å². The monoisotopic (exact) mass is 325 g/mol. The van der Waals surface area contributed by atoms with Gasteiger partial charge >= 0.3 is 0 Å². The molecule has 3 rings (SSSR count). The van der Waals surface area contributed by atoms with Crippen LogP contribution < -0.4 is 0 Å². The Kier molecular flexibility index (Phi) is 4.79. The first kappa shape index (κ1) is 16.4. The average Bonchev–Trinajstić information content (AvgIpc) is 3.30. The van der Waals surface area contributed by atoms with E-state index in [-0.39, 0.29) is 12.1 Å². The molecule has 0 spiro atoms. The lowest BCUT2D eigenvalue weighted by Gasteiger charge is -2.04. The zero-order valence-corrected chi connectivity index (χ0v) is 14.3. The molecule has 0 saturated heterocycles. The van der Waals surface area contributed by atoms with E-state index in [1.54, 1.807) is 0 Å². The van der Waals surface area contributed by atoms with E-state index in [1.807, 2.05) is 18.2 Å². The molecular weight excluding hydrogens is 302 g/mol. The quantitative estimate of drug-likeness (QED) is 0.754. The fourth-order valence-electron chi connectivity index (χ4n) is 2.59. The molecule has 5 nitrogen and oxygen atoms in total. The van der Waals surface area contributed by atoms with Crippen molar-refractivity contribution < 1.29 is 9.47 Å². The topological polar surface area (TPSA) is 56.1 Å². The third-order valence-electron chi connectivity index (χ3n) is 4.34. The van der Waals surface area contributed by atoms with Gasteiger partial charge in [0.1, 0.15) is 36.7 Å². The second-order valence-corrected chi connectivity index (χ2v) is 5.95. The van der Waals surface area contributed by atoms with Crippen LogP contribution in [0.4, 0.5) is 0 Å². The molecule has 5 heteroatoms. The van der Waals surface area contributed by atoms with E-state index in [0.717, 1.165) is 24.0 Å². The maximum atomic E-state index is 5.70. The van der Waals surface area contributed by atoms with E-state index in [4.69, 9.17) is 9.47 Å². The van der Waals surface area contributed by atoms with Crippen molar-refractivity contribution in [2.75, 3.05) is 13.2 Å². The average molecular weight is 325 g/mol. The van der Waals surface area contributed by atoms with Crippen molar-refractivity contribution in [3.63, 3.8) is 0 Å². The summed E-state index contributed by atoms with van der Waals surface area (Å²) in [4.78, 5) is 13.8. The molecule has 1 aromatic heterocycles. The fourth-order valence-corrected chi connectivity index (χ4v) is 2.59. The van der Waals surface area contributed by atoms with Gasteiger partial charge in [0, 0.05) is 0 Å². The SMILES string of the molecule is C=C(CC)C1COC(c2cccc(C3=NC(C(=C)CC)CO3)n2)=N1. The minimum absolute atomic E-state index is 0.0211. The van der Waals surface area contributed by atoms with Crippen LogP contribution in [0, 0.1) is 0 Å². The second kappa shape index (κ2) is 6.99. The van der Waals surface area contributed by atoms with Crippen molar-refractivity contribution in [3.05, 3.63) is 53.9 Å². The van der Waals surface area contributed by atoms with Gasteiger partial charge in [0.25, 0.3) is 0 Å². The normalized spacial score (nSPS) is 22.4. The third kappa shape index (κ3) is 3.25. The molecule has 0 bridgehead atoms. The molecule has 2 aliphatic rings. The predicted molar refractivity (Wildman–Crippen MR) is 95.7 cm³/mol. The fraction of sp³-hybridized carbons (Fsp3) is 0.421. The smallest absolute Gasteiger partial charge is 0.236 e. The van der Waals surface area contributed by atoms with Crippen molar-refractivity contribution in [1.82, 2.24) is 4.98 Å². The lowest BCUT2D eigenvalue weighted by Crippen LogP contribution is -2.10. The molecule has 0 fully saturated rings. The number of ether oxygens (including phenoxy) is 2. The Labute approximate surface area is 142 Å². The first-order valence-corrected chi connectivity index (χ1v) is 8.36. The Morgan fingerprint density at radius 3 is 1.83 bits per heavy atom. The Hall–Kier alpha value is -2.43. The molecular formula is C19H23N3O2. The summed E-state index contributed by atoms with van der Waals surface area (Å²) in [5, 5.41) is 0. The molecule has 0 N–H and O–H groups in total. The number of aliphatic imine (C=N–C) groups is 2. The largest absolute Gasteiger partial charge is 0.474 e. The van der Waals surface area contributed by atoms with Crippen molar-refractivity contribution >= 4 is 11.8 Å². The number of nitrogens with zero attached hydrogens (tertiary/aromatic N) is 3. The van der Waals surface area contributed by atoms with Crippen LogP contribution in [0.15, 0.2) is 52.5 Å². The molecule has 0 saturated carbocycles. The molecule has 0 amide bonds. The minimum Gasteiger partial charge on any atom is -0.474 e. The summed E-state index contributed by atoms with van der Waals surface area (Å²) in [7, 11) is 0. The highest BCUT2D eigenvalue weighted by molar-refractivity contribution is 5.97. The summed E-state index contributed by atoms with van der Waals surface area (Å²) in [6.07, 6.45) is 1.79. The highest BCUT2D eigenvalue weighted by atomic mass is 16.5. The Balaban J connectivity index is 1.81. The van der Waals surface area contributed by atoms with E-state index in [0.29, 0.717) is 36.4 Å². The van der Waals surface area contributed by atoms with E-state index < -0.39 is 0 Å². The molecule has 2 unspecified atom stereocenters.